The van der Waals surface area contributed by atoms with Crippen LogP contribution in [-0.4, -0.2) is 56.9 Å². The van der Waals surface area contributed by atoms with Crippen LogP contribution in [0.3, 0.4) is 0 Å². The van der Waals surface area contributed by atoms with Gasteiger partial charge in [-0.15, -0.1) is 0 Å². The van der Waals surface area contributed by atoms with Gasteiger partial charge in [0.25, 0.3) is 0 Å². The van der Waals surface area contributed by atoms with Crippen molar-refractivity contribution in [2.45, 2.75) is 24.3 Å². The molecule has 1 saturated heterocycles. The average Bonchev–Trinajstić information content (AvgIpc) is 2.74. The Bertz CT molecular complexity index is 924. The van der Waals surface area contributed by atoms with Crippen molar-refractivity contribution in [3.63, 3.8) is 0 Å². The number of ether oxygens (including phenoxy) is 1. The summed E-state index contributed by atoms with van der Waals surface area (Å²) in [6, 6.07) is 14.7. The van der Waals surface area contributed by atoms with Crippen molar-refractivity contribution >= 4 is 31.9 Å². The molecule has 0 aromatic heterocycles. The molecule has 0 bridgehead atoms. The first-order chi connectivity index (χ1) is 13.9. The Morgan fingerprint density at radius 2 is 1.62 bits per heavy atom. The minimum absolute atomic E-state index is 0.0536. The van der Waals surface area contributed by atoms with Gasteiger partial charge in [0.2, 0.25) is 15.9 Å². The Hall–Kier alpha value is -1.74. The molecule has 2 aromatic carbocycles. The van der Waals surface area contributed by atoms with E-state index >= 15 is 0 Å². The number of amides is 1. The monoisotopic (exact) mass is 480 g/mol. The Morgan fingerprint density at radius 1 is 1.03 bits per heavy atom. The largest absolute Gasteiger partial charge is 0.379 e. The molecule has 0 atom stereocenters. The fourth-order valence-electron chi connectivity index (χ4n) is 3.16. The van der Waals surface area contributed by atoms with Gasteiger partial charge in [-0.2, -0.15) is 4.31 Å². The Labute approximate surface area is 180 Å². The van der Waals surface area contributed by atoms with Crippen LogP contribution in [0.2, 0.25) is 0 Å². The Kier molecular flexibility index (Phi) is 7.45. The van der Waals surface area contributed by atoms with Gasteiger partial charge < -0.3 is 9.64 Å². The van der Waals surface area contributed by atoms with Gasteiger partial charge in [0.1, 0.15) is 0 Å². The Morgan fingerprint density at radius 3 is 2.24 bits per heavy atom. The first kappa shape index (κ1) is 22.0. The number of aryl methyl sites for hydroxylation is 1. The predicted octanol–water partition coefficient (Wildman–Crippen LogP) is 3.06. The zero-order chi connectivity index (χ0) is 20.9. The third-order valence-corrected chi connectivity index (χ3v) is 7.36. The molecule has 1 aliphatic rings. The second-order valence-electron chi connectivity index (χ2n) is 7.04. The second kappa shape index (κ2) is 9.84. The maximum atomic E-state index is 12.7. The summed E-state index contributed by atoms with van der Waals surface area (Å²) in [5.41, 5.74) is 2.01. The third-order valence-electron chi connectivity index (χ3n) is 4.92. The van der Waals surface area contributed by atoms with Gasteiger partial charge in [0.15, 0.2) is 0 Å². The number of hydrogen-bond acceptors (Lipinski definition) is 4. The highest BCUT2D eigenvalue weighted by Crippen LogP contribution is 2.18. The van der Waals surface area contributed by atoms with Crippen LogP contribution in [0.4, 0.5) is 0 Å². The van der Waals surface area contributed by atoms with Crippen molar-refractivity contribution in [2.24, 2.45) is 0 Å². The molecule has 1 amide bonds. The van der Waals surface area contributed by atoms with Gasteiger partial charge in [0, 0.05) is 37.6 Å². The first-order valence-electron chi connectivity index (χ1n) is 9.51. The molecule has 1 fully saturated rings. The second-order valence-corrected chi connectivity index (χ2v) is 9.89. The third kappa shape index (κ3) is 5.88. The molecule has 0 N–H and O–H groups in total. The number of carbonyl (C=O) groups is 1. The van der Waals surface area contributed by atoms with Crippen LogP contribution in [0.5, 0.6) is 0 Å². The van der Waals surface area contributed by atoms with Crippen molar-refractivity contribution in [3.8, 4) is 0 Å². The highest BCUT2D eigenvalue weighted by Gasteiger charge is 2.26. The molecule has 0 aliphatic carbocycles. The number of sulfonamides is 1. The maximum absolute atomic E-state index is 12.7. The van der Waals surface area contributed by atoms with E-state index < -0.39 is 10.0 Å². The van der Waals surface area contributed by atoms with Gasteiger partial charge in [0.05, 0.1) is 18.1 Å². The van der Waals surface area contributed by atoms with E-state index in [1.807, 2.05) is 24.3 Å². The van der Waals surface area contributed by atoms with Gasteiger partial charge in [-0.05, 0) is 41.8 Å². The van der Waals surface area contributed by atoms with E-state index in [0.29, 0.717) is 45.7 Å². The van der Waals surface area contributed by atoms with Crippen LogP contribution in [0.1, 0.15) is 17.5 Å². The molecular formula is C21H25BrN2O4S. The fourth-order valence-corrected chi connectivity index (χ4v) is 4.83. The van der Waals surface area contributed by atoms with Crippen LogP contribution in [0, 0.1) is 0 Å². The van der Waals surface area contributed by atoms with E-state index in [1.54, 1.807) is 36.2 Å². The quantitative estimate of drug-likeness (QED) is 0.610. The number of hydrogen-bond donors (Lipinski definition) is 0. The summed E-state index contributed by atoms with van der Waals surface area (Å²) in [6.45, 7) is 2.16. The smallest absolute Gasteiger partial charge is 0.243 e. The highest BCUT2D eigenvalue weighted by molar-refractivity contribution is 9.10. The molecular weight excluding hydrogens is 456 g/mol. The van der Waals surface area contributed by atoms with Crippen molar-refractivity contribution in [1.82, 2.24) is 9.21 Å². The van der Waals surface area contributed by atoms with Crippen LogP contribution < -0.4 is 0 Å². The number of benzene rings is 2. The van der Waals surface area contributed by atoms with Gasteiger partial charge in [-0.1, -0.05) is 40.2 Å². The van der Waals surface area contributed by atoms with Gasteiger partial charge >= 0.3 is 0 Å². The number of carbonyl (C=O) groups excluding carboxylic acids is 1. The lowest BCUT2D eigenvalue weighted by Crippen LogP contribution is -2.40. The minimum atomic E-state index is -3.49. The Balaban J connectivity index is 1.54. The normalized spacial score (nSPS) is 15.2. The van der Waals surface area contributed by atoms with Crippen molar-refractivity contribution in [3.05, 3.63) is 64.1 Å². The summed E-state index contributed by atoms with van der Waals surface area (Å²) in [4.78, 5) is 14.4. The van der Waals surface area contributed by atoms with E-state index in [0.717, 1.165) is 15.6 Å². The molecule has 6 nitrogen and oxygen atoms in total. The zero-order valence-corrected chi connectivity index (χ0v) is 18.8. The predicted molar refractivity (Wildman–Crippen MR) is 115 cm³/mol. The molecule has 0 unspecified atom stereocenters. The van der Waals surface area contributed by atoms with Crippen LogP contribution in [0.25, 0.3) is 0 Å². The standard InChI is InChI=1S/C21H25BrN2O4S/c1-23(16-18-2-7-19(22)8-3-18)21(25)11-6-17-4-9-20(10-5-17)29(26,27)24-12-14-28-15-13-24/h2-5,7-10H,6,11-16H2,1H3. The minimum Gasteiger partial charge on any atom is -0.379 e. The molecule has 8 heteroatoms. The maximum Gasteiger partial charge on any atom is 0.243 e. The molecule has 3 rings (SSSR count). The van der Waals surface area contributed by atoms with Crippen molar-refractivity contribution in [1.29, 1.82) is 0 Å². The molecule has 2 aromatic rings. The van der Waals surface area contributed by atoms with Crippen LogP contribution >= 0.6 is 15.9 Å². The summed E-state index contributed by atoms with van der Waals surface area (Å²) in [6.07, 6.45) is 0.948. The number of halogens is 1. The first-order valence-corrected chi connectivity index (χ1v) is 11.7. The molecule has 0 radical (unpaired) electrons. The lowest BCUT2D eigenvalue weighted by atomic mass is 10.1. The van der Waals surface area contributed by atoms with Crippen molar-refractivity contribution in [2.75, 3.05) is 33.4 Å². The summed E-state index contributed by atoms with van der Waals surface area (Å²) in [5, 5.41) is 0. The van der Waals surface area contributed by atoms with Crippen LogP contribution in [-0.2, 0) is 32.5 Å². The highest BCUT2D eigenvalue weighted by atomic mass is 79.9. The molecule has 0 saturated carbocycles. The number of nitrogens with zero attached hydrogens (tertiary/aromatic N) is 2. The zero-order valence-electron chi connectivity index (χ0n) is 16.4. The lowest BCUT2D eigenvalue weighted by Gasteiger charge is -2.26. The summed E-state index contributed by atoms with van der Waals surface area (Å²) < 4.78 is 33.0. The van der Waals surface area contributed by atoms with E-state index in [4.69, 9.17) is 4.74 Å². The van der Waals surface area contributed by atoms with E-state index in [-0.39, 0.29) is 10.8 Å². The van der Waals surface area contributed by atoms with Gasteiger partial charge in [-0.3, -0.25) is 4.79 Å². The van der Waals surface area contributed by atoms with E-state index in [1.165, 1.54) is 4.31 Å². The molecule has 1 heterocycles. The molecule has 156 valence electrons. The van der Waals surface area contributed by atoms with Crippen molar-refractivity contribution < 1.29 is 17.9 Å². The summed E-state index contributed by atoms with van der Waals surface area (Å²) in [7, 11) is -1.69. The molecule has 0 spiro atoms. The number of morpholine rings is 1. The van der Waals surface area contributed by atoms with E-state index in [2.05, 4.69) is 15.9 Å². The van der Waals surface area contributed by atoms with Gasteiger partial charge in [-0.25, -0.2) is 8.42 Å². The summed E-state index contributed by atoms with van der Waals surface area (Å²) >= 11 is 3.40. The fraction of sp³-hybridized carbons (Fsp3) is 0.381. The number of rotatable bonds is 7. The summed E-state index contributed by atoms with van der Waals surface area (Å²) in [5.74, 6) is 0.0536. The molecule has 29 heavy (non-hydrogen) atoms. The SMILES string of the molecule is CN(Cc1ccc(Br)cc1)C(=O)CCc1ccc(S(=O)(=O)N2CCOCC2)cc1. The van der Waals surface area contributed by atoms with E-state index in [9.17, 15) is 13.2 Å². The van der Waals surface area contributed by atoms with Crippen LogP contribution in [0.15, 0.2) is 57.9 Å². The lowest BCUT2D eigenvalue weighted by molar-refractivity contribution is -0.130. The molecule has 1 aliphatic heterocycles. The average molecular weight is 481 g/mol. The topological polar surface area (TPSA) is 66.9 Å².